The molecule has 1 aliphatic rings. The summed E-state index contributed by atoms with van der Waals surface area (Å²) in [5.74, 6) is 0.847. The lowest BCUT2D eigenvalue weighted by atomic mass is 9.81. The summed E-state index contributed by atoms with van der Waals surface area (Å²) < 4.78 is 0. The molecule has 0 saturated carbocycles. The molecule has 0 spiro atoms. The van der Waals surface area contributed by atoms with Crippen molar-refractivity contribution < 1.29 is 0 Å². The fraction of sp³-hybridized carbons (Fsp3) is 0.846. The smallest absolute Gasteiger partial charge is 0.0165 e. The highest BCUT2D eigenvalue weighted by atomic mass is 14.2. The van der Waals surface area contributed by atoms with Crippen molar-refractivity contribution in [2.75, 3.05) is 0 Å². The molecule has 0 aromatic carbocycles. The van der Waals surface area contributed by atoms with E-state index in [2.05, 4.69) is 32.9 Å². The van der Waals surface area contributed by atoms with Gasteiger partial charge in [0.05, 0.1) is 0 Å². The predicted octanol–water partition coefficient (Wildman–Crippen LogP) is 9.55. The Kier molecular flexibility index (Phi) is 15.1. The van der Waals surface area contributed by atoms with E-state index in [1.54, 1.807) is 11.1 Å². The van der Waals surface area contributed by atoms with Gasteiger partial charge < -0.3 is 0 Å². The maximum atomic E-state index is 2.51. The van der Waals surface area contributed by atoms with Crippen LogP contribution in [0.5, 0.6) is 0 Å². The Morgan fingerprint density at radius 1 is 0.615 bits per heavy atom. The lowest BCUT2D eigenvalue weighted by Gasteiger charge is -2.24. The Morgan fingerprint density at radius 3 is 1.65 bits per heavy atom. The zero-order valence-electron chi connectivity index (χ0n) is 18.5. The summed E-state index contributed by atoms with van der Waals surface area (Å²) in [6.07, 6.45) is 30.3. The molecule has 0 aromatic heterocycles. The molecule has 26 heavy (non-hydrogen) atoms. The van der Waals surface area contributed by atoms with E-state index in [1.165, 1.54) is 116 Å². The number of allylic oxidation sites excluding steroid dienone is 4. The molecule has 1 rings (SSSR count). The van der Waals surface area contributed by atoms with Gasteiger partial charge in [0.15, 0.2) is 0 Å². The molecule has 1 unspecified atom stereocenters. The summed E-state index contributed by atoms with van der Waals surface area (Å²) >= 11 is 0. The van der Waals surface area contributed by atoms with Crippen molar-refractivity contribution in [3.63, 3.8) is 0 Å². The van der Waals surface area contributed by atoms with Crippen LogP contribution in [-0.4, -0.2) is 0 Å². The van der Waals surface area contributed by atoms with Gasteiger partial charge in [0, 0.05) is 0 Å². The molecular weight excluding hydrogens is 312 g/mol. The first-order valence-corrected chi connectivity index (χ1v) is 12.2. The van der Waals surface area contributed by atoms with E-state index in [9.17, 15) is 0 Å². The minimum absolute atomic E-state index is 0.847. The lowest BCUT2D eigenvalue weighted by molar-refractivity contribution is 0.515. The van der Waals surface area contributed by atoms with E-state index >= 15 is 0 Å². The van der Waals surface area contributed by atoms with Crippen LogP contribution in [0.1, 0.15) is 136 Å². The molecule has 0 heteroatoms. The van der Waals surface area contributed by atoms with Crippen LogP contribution >= 0.6 is 0 Å². The van der Waals surface area contributed by atoms with Gasteiger partial charge in [-0.3, -0.25) is 0 Å². The standard InChI is InChI=1S/C26H48/c1-4-7-9-11-13-15-17-19-24-21-22-26(25(6-3)23-24)20-18-16-14-12-10-8-5-2/h21-22,25H,4-20,23H2,1-3H3. The van der Waals surface area contributed by atoms with E-state index in [0.717, 1.165) is 5.92 Å². The number of rotatable bonds is 17. The van der Waals surface area contributed by atoms with E-state index in [4.69, 9.17) is 0 Å². The first kappa shape index (κ1) is 23.5. The van der Waals surface area contributed by atoms with Gasteiger partial charge in [-0.25, -0.2) is 0 Å². The van der Waals surface area contributed by atoms with Crippen LogP contribution in [-0.2, 0) is 0 Å². The third kappa shape index (κ3) is 11.2. The van der Waals surface area contributed by atoms with Gasteiger partial charge in [0.25, 0.3) is 0 Å². The Bertz CT molecular complexity index is 373. The molecule has 1 aliphatic carbocycles. The van der Waals surface area contributed by atoms with Crippen LogP contribution in [0.25, 0.3) is 0 Å². The van der Waals surface area contributed by atoms with Crippen molar-refractivity contribution in [2.24, 2.45) is 5.92 Å². The molecular formula is C26H48. The lowest BCUT2D eigenvalue weighted by Crippen LogP contribution is -2.09. The van der Waals surface area contributed by atoms with Crippen molar-refractivity contribution in [2.45, 2.75) is 136 Å². The topological polar surface area (TPSA) is 0 Å². The minimum Gasteiger partial charge on any atom is -0.0696 e. The van der Waals surface area contributed by atoms with Crippen molar-refractivity contribution >= 4 is 0 Å². The van der Waals surface area contributed by atoms with Crippen molar-refractivity contribution in [1.82, 2.24) is 0 Å². The third-order valence-corrected chi connectivity index (χ3v) is 6.23. The first-order valence-electron chi connectivity index (χ1n) is 12.2. The molecule has 0 N–H and O–H groups in total. The van der Waals surface area contributed by atoms with Crippen LogP contribution in [0.2, 0.25) is 0 Å². The first-order chi connectivity index (χ1) is 12.8. The van der Waals surface area contributed by atoms with Crippen LogP contribution in [0.3, 0.4) is 0 Å². The summed E-state index contributed by atoms with van der Waals surface area (Å²) in [5.41, 5.74) is 3.48. The third-order valence-electron chi connectivity index (χ3n) is 6.23. The van der Waals surface area contributed by atoms with Gasteiger partial charge in [-0.05, 0) is 44.4 Å². The van der Waals surface area contributed by atoms with Gasteiger partial charge >= 0.3 is 0 Å². The average Bonchev–Trinajstić information content (AvgIpc) is 2.67. The van der Waals surface area contributed by atoms with E-state index in [0.29, 0.717) is 0 Å². The van der Waals surface area contributed by atoms with Crippen molar-refractivity contribution in [3.05, 3.63) is 23.3 Å². The van der Waals surface area contributed by atoms with Crippen LogP contribution in [0.4, 0.5) is 0 Å². The Labute approximate surface area is 165 Å². The Balaban J connectivity index is 2.18. The van der Waals surface area contributed by atoms with Gasteiger partial charge in [-0.2, -0.15) is 0 Å². The maximum Gasteiger partial charge on any atom is -0.0165 e. The fourth-order valence-electron chi connectivity index (χ4n) is 4.35. The van der Waals surface area contributed by atoms with Crippen LogP contribution < -0.4 is 0 Å². The second-order valence-electron chi connectivity index (χ2n) is 8.62. The van der Waals surface area contributed by atoms with Crippen LogP contribution in [0.15, 0.2) is 23.3 Å². The largest absolute Gasteiger partial charge is 0.0696 e. The molecule has 0 aliphatic heterocycles. The summed E-state index contributed by atoms with van der Waals surface area (Å²) in [7, 11) is 0. The average molecular weight is 361 g/mol. The highest BCUT2D eigenvalue weighted by Crippen LogP contribution is 2.33. The minimum atomic E-state index is 0.847. The van der Waals surface area contributed by atoms with E-state index < -0.39 is 0 Å². The highest BCUT2D eigenvalue weighted by molar-refractivity contribution is 5.26. The van der Waals surface area contributed by atoms with E-state index in [1.807, 2.05) is 0 Å². The molecule has 0 nitrogen and oxygen atoms in total. The van der Waals surface area contributed by atoms with Gasteiger partial charge in [0.2, 0.25) is 0 Å². The zero-order valence-corrected chi connectivity index (χ0v) is 18.5. The Hall–Kier alpha value is -0.520. The van der Waals surface area contributed by atoms with Gasteiger partial charge in [-0.1, -0.05) is 121 Å². The van der Waals surface area contributed by atoms with Gasteiger partial charge in [0.1, 0.15) is 0 Å². The number of hydrogen-bond donors (Lipinski definition) is 0. The number of hydrogen-bond acceptors (Lipinski definition) is 0. The van der Waals surface area contributed by atoms with Crippen molar-refractivity contribution in [3.8, 4) is 0 Å². The summed E-state index contributed by atoms with van der Waals surface area (Å²) in [5, 5.41) is 0. The quantitative estimate of drug-likeness (QED) is 0.226. The Morgan fingerprint density at radius 2 is 1.12 bits per heavy atom. The summed E-state index contributed by atoms with van der Waals surface area (Å²) in [6.45, 7) is 6.99. The number of unbranched alkanes of at least 4 members (excludes halogenated alkanes) is 12. The highest BCUT2D eigenvalue weighted by Gasteiger charge is 2.17. The molecule has 0 amide bonds. The fourth-order valence-corrected chi connectivity index (χ4v) is 4.35. The molecule has 0 fully saturated rings. The monoisotopic (exact) mass is 360 g/mol. The second kappa shape index (κ2) is 16.6. The molecule has 152 valence electrons. The molecule has 0 saturated heterocycles. The van der Waals surface area contributed by atoms with Crippen LogP contribution in [0, 0.1) is 5.92 Å². The molecule has 1 atom stereocenters. The predicted molar refractivity (Wildman–Crippen MR) is 120 cm³/mol. The van der Waals surface area contributed by atoms with E-state index in [-0.39, 0.29) is 0 Å². The normalized spacial score (nSPS) is 17.3. The zero-order chi connectivity index (χ0) is 18.9. The molecule has 0 bridgehead atoms. The van der Waals surface area contributed by atoms with Crippen molar-refractivity contribution in [1.29, 1.82) is 0 Å². The van der Waals surface area contributed by atoms with Gasteiger partial charge in [-0.15, -0.1) is 0 Å². The summed E-state index contributed by atoms with van der Waals surface area (Å²) in [4.78, 5) is 0. The SMILES string of the molecule is CCCCCCCCCC1=CC=C(CCCCCCCCC)C(CC)C1. The summed E-state index contributed by atoms with van der Waals surface area (Å²) in [6, 6.07) is 0. The second-order valence-corrected chi connectivity index (χ2v) is 8.62. The molecule has 0 radical (unpaired) electrons. The maximum absolute atomic E-state index is 2.51. The molecule has 0 heterocycles. The molecule has 0 aromatic rings.